The molecule has 2 aromatic carbocycles. The highest BCUT2D eigenvalue weighted by molar-refractivity contribution is 7.98. The Morgan fingerprint density at radius 2 is 1.86 bits per heavy atom. The average molecular weight is 433 g/mol. The third kappa shape index (κ3) is 4.44. The van der Waals surface area contributed by atoms with Crippen LogP contribution in [0.15, 0.2) is 53.8 Å². The van der Waals surface area contributed by atoms with Gasteiger partial charge < -0.3 is 10.2 Å². The van der Waals surface area contributed by atoms with Crippen molar-refractivity contribution in [2.75, 3.05) is 25.7 Å². The zero-order valence-corrected chi connectivity index (χ0v) is 17.5. The van der Waals surface area contributed by atoms with Crippen LogP contribution in [0.5, 0.6) is 0 Å². The number of hydrogen-bond acceptors (Lipinski definition) is 4. The second-order valence-corrected chi connectivity index (χ2v) is 7.47. The maximum atomic E-state index is 13.3. The van der Waals surface area contributed by atoms with Gasteiger partial charge in [0.2, 0.25) is 0 Å². The second kappa shape index (κ2) is 8.67. The Hall–Kier alpha value is -2.84. The third-order valence-electron chi connectivity index (χ3n) is 4.09. The van der Waals surface area contributed by atoms with Gasteiger partial charge in [0.05, 0.1) is 16.8 Å². The van der Waals surface area contributed by atoms with E-state index < -0.39 is 5.91 Å². The number of thioether (sulfide) groups is 1. The maximum Gasteiger partial charge on any atom is 0.274 e. The summed E-state index contributed by atoms with van der Waals surface area (Å²) in [6.07, 6.45) is 3.29. The molecule has 150 valence electrons. The summed E-state index contributed by atoms with van der Waals surface area (Å²) in [5, 5.41) is 3.64. The Kier molecular flexibility index (Phi) is 6.24. The predicted octanol–water partition coefficient (Wildman–Crippen LogP) is 4.34. The number of imidazole rings is 1. The molecule has 0 saturated heterocycles. The zero-order chi connectivity index (χ0) is 21.1. The van der Waals surface area contributed by atoms with Gasteiger partial charge in [-0.15, -0.1) is 0 Å². The number of anilines is 1. The molecule has 0 atom stereocenters. The molecule has 0 saturated carbocycles. The van der Waals surface area contributed by atoms with Gasteiger partial charge in [-0.25, -0.2) is 9.37 Å². The van der Waals surface area contributed by atoms with E-state index in [1.807, 2.05) is 6.26 Å². The monoisotopic (exact) mass is 432 g/mol. The summed E-state index contributed by atoms with van der Waals surface area (Å²) in [6, 6.07) is 10.5. The van der Waals surface area contributed by atoms with Crippen LogP contribution in [-0.4, -0.2) is 46.6 Å². The summed E-state index contributed by atoms with van der Waals surface area (Å²) >= 11 is 7.48. The van der Waals surface area contributed by atoms with Crippen LogP contribution in [0.2, 0.25) is 5.02 Å². The van der Waals surface area contributed by atoms with Crippen molar-refractivity contribution < 1.29 is 14.0 Å². The zero-order valence-electron chi connectivity index (χ0n) is 15.9. The van der Waals surface area contributed by atoms with Gasteiger partial charge in [-0.05, 0) is 48.7 Å². The first-order chi connectivity index (χ1) is 13.8. The van der Waals surface area contributed by atoms with Crippen LogP contribution in [0.1, 0.15) is 20.8 Å². The van der Waals surface area contributed by atoms with Crippen LogP contribution in [0, 0.1) is 5.82 Å². The maximum absolute atomic E-state index is 13.3. The van der Waals surface area contributed by atoms with E-state index in [-0.39, 0.29) is 23.0 Å². The van der Waals surface area contributed by atoms with E-state index in [2.05, 4.69) is 10.3 Å². The van der Waals surface area contributed by atoms with Gasteiger partial charge in [-0.2, -0.15) is 0 Å². The molecule has 1 heterocycles. The molecule has 0 spiro atoms. The number of halogens is 2. The van der Waals surface area contributed by atoms with E-state index in [0.29, 0.717) is 21.6 Å². The first kappa shape index (κ1) is 20.9. The smallest absolute Gasteiger partial charge is 0.274 e. The molecule has 2 amide bonds. The normalized spacial score (nSPS) is 10.7. The van der Waals surface area contributed by atoms with Crippen molar-refractivity contribution in [2.45, 2.75) is 5.16 Å². The van der Waals surface area contributed by atoms with E-state index in [4.69, 9.17) is 11.6 Å². The first-order valence-electron chi connectivity index (χ1n) is 8.52. The standard InChI is InChI=1S/C20H18ClFN4O2S/c1-25(2)19(28)15-10-13(6-9-16(15)21)24-18(27)17-11-23-20(29-3)26(17)14-7-4-12(22)5-8-14/h4-11H,1-3H3,(H,24,27). The van der Waals surface area contributed by atoms with Gasteiger partial charge in [-0.1, -0.05) is 23.4 Å². The Balaban J connectivity index is 1.95. The fourth-order valence-electron chi connectivity index (χ4n) is 2.68. The van der Waals surface area contributed by atoms with Gasteiger partial charge in [0.1, 0.15) is 11.5 Å². The number of rotatable bonds is 5. The molecule has 0 aliphatic rings. The van der Waals surface area contributed by atoms with Crippen molar-refractivity contribution in [3.05, 3.63) is 70.8 Å². The van der Waals surface area contributed by atoms with Crippen molar-refractivity contribution in [3.63, 3.8) is 0 Å². The number of carbonyl (C=O) groups excluding carboxylic acids is 2. The Bertz CT molecular complexity index is 1070. The van der Waals surface area contributed by atoms with Crippen LogP contribution in [0.4, 0.5) is 10.1 Å². The van der Waals surface area contributed by atoms with E-state index in [1.54, 1.807) is 42.9 Å². The van der Waals surface area contributed by atoms with Gasteiger partial charge in [0.25, 0.3) is 11.8 Å². The molecule has 0 bridgehead atoms. The van der Waals surface area contributed by atoms with E-state index in [1.165, 1.54) is 41.1 Å². The van der Waals surface area contributed by atoms with Crippen LogP contribution >= 0.6 is 23.4 Å². The third-order valence-corrected chi connectivity index (χ3v) is 5.07. The minimum Gasteiger partial charge on any atom is -0.345 e. The van der Waals surface area contributed by atoms with Gasteiger partial charge in [0, 0.05) is 25.5 Å². The van der Waals surface area contributed by atoms with Crippen LogP contribution in [0.25, 0.3) is 5.69 Å². The average Bonchev–Trinajstić information content (AvgIpc) is 3.13. The minimum absolute atomic E-state index is 0.271. The lowest BCUT2D eigenvalue weighted by Gasteiger charge is -2.14. The lowest BCUT2D eigenvalue weighted by Crippen LogP contribution is -2.22. The molecule has 0 fully saturated rings. The molecule has 3 aromatic rings. The quantitative estimate of drug-likeness (QED) is 0.609. The fraction of sp³-hybridized carbons (Fsp3) is 0.150. The molecule has 29 heavy (non-hydrogen) atoms. The summed E-state index contributed by atoms with van der Waals surface area (Å²) < 4.78 is 14.9. The molecule has 1 aromatic heterocycles. The van der Waals surface area contributed by atoms with Gasteiger partial charge in [0.15, 0.2) is 5.16 Å². The molecular weight excluding hydrogens is 415 g/mol. The molecule has 6 nitrogen and oxygen atoms in total. The largest absolute Gasteiger partial charge is 0.345 e. The Labute approximate surface area is 176 Å². The van der Waals surface area contributed by atoms with Gasteiger partial charge in [-0.3, -0.25) is 14.2 Å². The van der Waals surface area contributed by atoms with Crippen molar-refractivity contribution in [3.8, 4) is 5.69 Å². The lowest BCUT2D eigenvalue weighted by atomic mass is 10.1. The highest BCUT2D eigenvalue weighted by Gasteiger charge is 2.19. The van der Waals surface area contributed by atoms with Crippen molar-refractivity contribution in [1.29, 1.82) is 0 Å². The molecule has 1 N–H and O–H groups in total. The molecule has 0 unspecified atom stereocenters. The van der Waals surface area contributed by atoms with E-state index in [9.17, 15) is 14.0 Å². The van der Waals surface area contributed by atoms with Gasteiger partial charge >= 0.3 is 0 Å². The summed E-state index contributed by atoms with van der Waals surface area (Å²) in [5.41, 5.74) is 1.59. The number of amides is 2. The SMILES string of the molecule is CSc1ncc(C(=O)Nc2ccc(Cl)c(C(=O)N(C)C)c2)n1-c1ccc(F)cc1. The molecule has 9 heteroatoms. The molecular formula is C20H18ClFN4O2S. The number of nitrogens with zero attached hydrogens (tertiary/aromatic N) is 3. The van der Waals surface area contributed by atoms with Crippen molar-refractivity contribution in [2.24, 2.45) is 0 Å². The van der Waals surface area contributed by atoms with E-state index in [0.717, 1.165) is 0 Å². The highest BCUT2D eigenvalue weighted by Crippen LogP contribution is 2.25. The van der Waals surface area contributed by atoms with E-state index >= 15 is 0 Å². The number of hydrogen-bond donors (Lipinski definition) is 1. The molecule has 0 radical (unpaired) electrons. The first-order valence-corrected chi connectivity index (χ1v) is 10.1. The van der Waals surface area contributed by atoms with Crippen LogP contribution in [0.3, 0.4) is 0 Å². The summed E-state index contributed by atoms with van der Waals surface area (Å²) in [6.45, 7) is 0. The summed E-state index contributed by atoms with van der Waals surface area (Å²) in [5.74, 6) is -1.07. The lowest BCUT2D eigenvalue weighted by molar-refractivity contribution is 0.0827. The molecule has 0 aliphatic heterocycles. The molecule has 3 rings (SSSR count). The van der Waals surface area contributed by atoms with Crippen LogP contribution in [-0.2, 0) is 0 Å². The number of benzene rings is 2. The Morgan fingerprint density at radius 1 is 1.17 bits per heavy atom. The van der Waals surface area contributed by atoms with Crippen LogP contribution < -0.4 is 5.32 Å². The summed E-state index contributed by atoms with van der Waals surface area (Å²) in [7, 11) is 3.24. The second-order valence-electron chi connectivity index (χ2n) is 6.29. The topological polar surface area (TPSA) is 67.2 Å². The predicted molar refractivity (Wildman–Crippen MR) is 113 cm³/mol. The Morgan fingerprint density at radius 3 is 2.48 bits per heavy atom. The fourth-order valence-corrected chi connectivity index (χ4v) is 3.42. The number of nitrogens with one attached hydrogen (secondary N) is 1. The molecule has 0 aliphatic carbocycles. The number of aromatic nitrogens is 2. The van der Waals surface area contributed by atoms with Crippen molar-refractivity contribution in [1.82, 2.24) is 14.5 Å². The minimum atomic E-state index is -0.423. The van der Waals surface area contributed by atoms with Crippen molar-refractivity contribution >= 4 is 40.9 Å². The summed E-state index contributed by atoms with van der Waals surface area (Å²) in [4.78, 5) is 30.9. The highest BCUT2D eigenvalue weighted by atomic mass is 35.5. The number of carbonyl (C=O) groups is 2.